The van der Waals surface area contributed by atoms with Crippen LogP contribution in [-0.2, 0) is 0 Å². The molecule has 30 heavy (non-hydrogen) atoms. The third kappa shape index (κ3) is 5.39. The molecule has 1 aromatic heterocycles. The first kappa shape index (κ1) is 21.8. The van der Waals surface area contributed by atoms with Gasteiger partial charge >= 0.3 is 0 Å². The fourth-order valence-corrected chi connectivity index (χ4v) is 3.48. The summed E-state index contributed by atoms with van der Waals surface area (Å²) in [5, 5.41) is 3.70. The molecular formula is C25H27ClN2O2. The van der Waals surface area contributed by atoms with E-state index >= 15 is 0 Å². The van der Waals surface area contributed by atoms with Crippen LogP contribution in [0.4, 0.5) is 0 Å². The van der Waals surface area contributed by atoms with Crippen LogP contribution < -0.4 is 5.32 Å². The Hall–Kier alpha value is -2.85. The predicted molar refractivity (Wildman–Crippen MR) is 123 cm³/mol. The molecule has 0 spiro atoms. The highest BCUT2D eigenvalue weighted by Gasteiger charge is 2.18. The molecule has 0 aliphatic rings. The van der Waals surface area contributed by atoms with Crippen molar-refractivity contribution in [1.82, 2.24) is 10.3 Å². The van der Waals surface area contributed by atoms with Crippen molar-refractivity contribution >= 4 is 23.1 Å². The lowest BCUT2D eigenvalue weighted by Gasteiger charge is -2.12. The minimum absolute atomic E-state index is 0.226. The van der Waals surface area contributed by atoms with E-state index in [2.05, 4.69) is 30.2 Å². The first-order chi connectivity index (χ1) is 14.5. The Morgan fingerprint density at radius 2 is 1.93 bits per heavy atom. The van der Waals surface area contributed by atoms with Gasteiger partial charge in [-0.15, -0.1) is 0 Å². The number of hydrogen-bond donors (Lipinski definition) is 1. The second-order valence-corrected chi connectivity index (χ2v) is 7.71. The van der Waals surface area contributed by atoms with Crippen molar-refractivity contribution in [2.45, 2.75) is 40.0 Å². The van der Waals surface area contributed by atoms with Gasteiger partial charge in [0.05, 0.1) is 0 Å². The molecule has 1 N–H and O–H groups in total. The van der Waals surface area contributed by atoms with Gasteiger partial charge in [-0.1, -0.05) is 55.3 Å². The number of unbranched alkanes of at least 4 members (excludes halogenated alkanes) is 1. The van der Waals surface area contributed by atoms with Gasteiger partial charge in [-0.3, -0.25) is 4.79 Å². The number of allylic oxidation sites excluding steroid dienone is 1. The zero-order valence-corrected chi connectivity index (χ0v) is 18.4. The van der Waals surface area contributed by atoms with Crippen molar-refractivity contribution in [1.29, 1.82) is 0 Å². The molecule has 0 aliphatic heterocycles. The quantitative estimate of drug-likeness (QED) is 0.444. The molecule has 3 aromatic rings. The van der Waals surface area contributed by atoms with E-state index in [1.165, 1.54) is 11.1 Å². The van der Waals surface area contributed by atoms with Gasteiger partial charge in [0.25, 0.3) is 5.91 Å². The minimum Gasteiger partial charge on any atom is -0.441 e. The lowest BCUT2D eigenvalue weighted by molar-refractivity contribution is 0.0948. The van der Waals surface area contributed by atoms with Crippen LogP contribution in [-0.4, -0.2) is 17.4 Å². The summed E-state index contributed by atoms with van der Waals surface area (Å²) < 4.78 is 5.70. The summed E-state index contributed by atoms with van der Waals surface area (Å²) in [5.41, 5.74) is 4.67. The average Bonchev–Trinajstić information content (AvgIpc) is 3.15. The van der Waals surface area contributed by atoms with Crippen LogP contribution in [0.15, 0.2) is 59.0 Å². The number of rotatable bonds is 8. The number of benzene rings is 2. The second-order valence-electron chi connectivity index (χ2n) is 7.27. The normalized spacial score (nSPS) is 11.5. The lowest BCUT2D eigenvalue weighted by atomic mass is 9.96. The lowest BCUT2D eigenvalue weighted by Crippen LogP contribution is -2.25. The maximum atomic E-state index is 12.7. The third-order valence-electron chi connectivity index (χ3n) is 4.94. The summed E-state index contributed by atoms with van der Waals surface area (Å²) in [4.78, 5) is 17.1. The molecule has 4 nitrogen and oxygen atoms in total. The van der Waals surface area contributed by atoms with Crippen LogP contribution in [0.25, 0.3) is 17.0 Å². The Balaban J connectivity index is 1.69. The van der Waals surface area contributed by atoms with Crippen molar-refractivity contribution in [3.05, 3.63) is 82.2 Å². The van der Waals surface area contributed by atoms with Gasteiger partial charge in [-0.05, 0) is 67.7 Å². The summed E-state index contributed by atoms with van der Waals surface area (Å²) in [7, 11) is 0. The standard InChI is InChI=1S/C25H27ClN2O2/c1-4-5-9-19(22-16-21(26)13-12-17(22)2)14-15-27-24(29)23-18(3)30-25(28-23)20-10-7-6-8-11-20/h6-13,16H,4-5,14-15H2,1-3H3,(H,27,29)/b19-9-. The maximum Gasteiger partial charge on any atom is 0.273 e. The average molecular weight is 423 g/mol. The predicted octanol–water partition coefficient (Wildman–Crippen LogP) is 6.62. The molecule has 0 saturated carbocycles. The van der Waals surface area contributed by atoms with Gasteiger partial charge in [-0.25, -0.2) is 4.98 Å². The molecule has 0 radical (unpaired) electrons. The summed E-state index contributed by atoms with van der Waals surface area (Å²) >= 11 is 6.21. The Morgan fingerprint density at radius 3 is 2.67 bits per heavy atom. The largest absolute Gasteiger partial charge is 0.441 e. The van der Waals surface area contributed by atoms with E-state index in [4.69, 9.17) is 16.0 Å². The number of nitrogens with zero attached hydrogens (tertiary/aromatic N) is 1. The van der Waals surface area contributed by atoms with Crippen molar-refractivity contribution in [2.24, 2.45) is 0 Å². The number of carbonyl (C=O) groups is 1. The SMILES string of the molecule is CCC/C=C(/CCNC(=O)c1nc(-c2ccccc2)oc1C)c1cc(Cl)ccc1C. The molecule has 0 aliphatic carbocycles. The molecule has 2 aromatic carbocycles. The Kier molecular flexibility index (Phi) is 7.47. The zero-order chi connectivity index (χ0) is 21.5. The van der Waals surface area contributed by atoms with Crippen molar-refractivity contribution < 1.29 is 9.21 Å². The molecule has 5 heteroatoms. The first-order valence-electron chi connectivity index (χ1n) is 10.3. The third-order valence-corrected chi connectivity index (χ3v) is 5.17. The van der Waals surface area contributed by atoms with Crippen molar-refractivity contribution in [3.8, 4) is 11.5 Å². The Morgan fingerprint density at radius 1 is 1.17 bits per heavy atom. The number of amides is 1. The van der Waals surface area contributed by atoms with Gasteiger partial charge < -0.3 is 9.73 Å². The highest BCUT2D eigenvalue weighted by molar-refractivity contribution is 6.30. The van der Waals surface area contributed by atoms with Gasteiger partial charge in [0.15, 0.2) is 5.69 Å². The number of halogens is 1. The molecular weight excluding hydrogens is 396 g/mol. The number of hydrogen-bond acceptors (Lipinski definition) is 3. The minimum atomic E-state index is -0.226. The van der Waals surface area contributed by atoms with Gasteiger partial charge in [0.2, 0.25) is 5.89 Å². The molecule has 1 amide bonds. The van der Waals surface area contributed by atoms with E-state index in [-0.39, 0.29) is 5.91 Å². The highest BCUT2D eigenvalue weighted by atomic mass is 35.5. The fourth-order valence-electron chi connectivity index (χ4n) is 3.31. The van der Waals surface area contributed by atoms with Gasteiger partial charge in [0.1, 0.15) is 5.76 Å². The molecule has 0 saturated heterocycles. The number of oxazole rings is 1. The van der Waals surface area contributed by atoms with Crippen LogP contribution in [0.5, 0.6) is 0 Å². The van der Waals surface area contributed by atoms with Crippen LogP contribution in [0.1, 0.15) is 53.6 Å². The molecule has 3 rings (SSSR count). The second kappa shape index (κ2) is 10.3. The summed E-state index contributed by atoms with van der Waals surface area (Å²) in [6.07, 6.45) is 5.00. The topological polar surface area (TPSA) is 55.1 Å². The van der Waals surface area contributed by atoms with E-state index in [0.717, 1.165) is 30.4 Å². The number of aryl methyl sites for hydroxylation is 2. The Labute approximate surface area is 183 Å². The van der Waals surface area contributed by atoms with E-state index in [9.17, 15) is 4.79 Å². The van der Waals surface area contributed by atoms with E-state index in [0.29, 0.717) is 28.9 Å². The van der Waals surface area contributed by atoms with Crippen LogP contribution in [0.2, 0.25) is 5.02 Å². The highest BCUT2D eigenvalue weighted by Crippen LogP contribution is 2.26. The fraction of sp³-hybridized carbons (Fsp3) is 0.280. The smallest absolute Gasteiger partial charge is 0.273 e. The summed E-state index contributed by atoms with van der Waals surface area (Å²) in [6.45, 7) is 6.50. The number of carbonyl (C=O) groups excluding carboxylic acids is 1. The Bertz CT molecular complexity index is 1040. The molecule has 0 atom stereocenters. The van der Waals surface area contributed by atoms with Gasteiger partial charge in [-0.2, -0.15) is 0 Å². The summed E-state index contributed by atoms with van der Waals surface area (Å²) in [5.74, 6) is 0.742. The number of aromatic nitrogens is 1. The van der Waals surface area contributed by atoms with Crippen LogP contribution in [0, 0.1) is 13.8 Å². The van der Waals surface area contributed by atoms with Crippen LogP contribution in [0.3, 0.4) is 0 Å². The van der Waals surface area contributed by atoms with Crippen molar-refractivity contribution in [3.63, 3.8) is 0 Å². The monoisotopic (exact) mass is 422 g/mol. The van der Waals surface area contributed by atoms with Gasteiger partial charge in [0, 0.05) is 17.1 Å². The van der Waals surface area contributed by atoms with E-state index < -0.39 is 0 Å². The molecule has 1 heterocycles. The van der Waals surface area contributed by atoms with Crippen LogP contribution >= 0.6 is 11.6 Å². The summed E-state index contributed by atoms with van der Waals surface area (Å²) in [6, 6.07) is 15.5. The molecule has 0 fully saturated rings. The maximum absolute atomic E-state index is 12.7. The van der Waals surface area contributed by atoms with E-state index in [1.54, 1.807) is 6.92 Å². The number of nitrogens with one attached hydrogen (secondary N) is 1. The molecule has 0 unspecified atom stereocenters. The van der Waals surface area contributed by atoms with Crippen molar-refractivity contribution in [2.75, 3.05) is 6.54 Å². The molecule has 0 bridgehead atoms. The first-order valence-corrected chi connectivity index (χ1v) is 10.6. The zero-order valence-electron chi connectivity index (χ0n) is 17.7. The van der Waals surface area contributed by atoms with E-state index in [1.807, 2.05) is 48.5 Å². The molecule has 156 valence electrons.